The molecule has 0 amide bonds. The molecule has 11 nitrogen and oxygen atoms in total. The number of carbonyl (C=O) groups is 3. The van der Waals surface area contributed by atoms with Gasteiger partial charge in [-0.15, -0.1) is 0 Å². The van der Waals surface area contributed by atoms with Crippen LogP contribution in [0.3, 0.4) is 0 Å². The van der Waals surface area contributed by atoms with Gasteiger partial charge in [0.2, 0.25) is 0 Å². The van der Waals surface area contributed by atoms with Crippen LogP contribution in [0.15, 0.2) is 24.3 Å². The first-order valence-electron chi connectivity index (χ1n) is 9.21. The van der Waals surface area contributed by atoms with E-state index in [0.717, 1.165) is 0 Å². The molecular formula is C21H23IK2O11. The SMILES string of the molecule is CI.COc1cc2c(cc1O)C(=O)CCO2.O=C1CCOc2cc(O)c(O)cc21.O=CO[O-].[H-].[K+].[K+]. The van der Waals surface area contributed by atoms with Crippen LogP contribution < -0.4 is 122 Å². The van der Waals surface area contributed by atoms with Crippen molar-refractivity contribution in [1.29, 1.82) is 0 Å². The second-order valence-corrected chi connectivity index (χ2v) is 6.09. The second kappa shape index (κ2) is 20.0. The zero-order valence-corrected chi connectivity index (χ0v) is 28.1. The van der Waals surface area contributed by atoms with E-state index < -0.39 is 0 Å². The molecular weight excluding hydrogens is 633 g/mol. The number of phenols is 3. The Bertz CT molecular complexity index is 993. The third kappa shape index (κ3) is 11.5. The molecule has 0 bridgehead atoms. The predicted molar refractivity (Wildman–Crippen MR) is 122 cm³/mol. The number of halogens is 1. The summed E-state index contributed by atoms with van der Waals surface area (Å²) in [6.45, 7) is 0.538. The largest absolute Gasteiger partial charge is 1.00 e. The van der Waals surface area contributed by atoms with Gasteiger partial charge in [0.25, 0.3) is 6.47 Å². The van der Waals surface area contributed by atoms with E-state index in [9.17, 15) is 14.7 Å². The van der Waals surface area contributed by atoms with E-state index >= 15 is 0 Å². The molecule has 0 fully saturated rings. The number of hydrogen-bond acceptors (Lipinski definition) is 11. The Morgan fingerprint density at radius 2 is 1.29 bits per heavy atom. The van der Waals surface area contributed by atoms with Crippen molar-refractivity contribution in [3.05, 3.63) is 35.4 Å². The molecule has 4 rings (SSSR count). The van der Waals surface area contributed by atoms with Crippen LogP contribution in [-0.4, -0.2) is 58.6 Å². The molecule has 3 N–H and O–H groups in total. The van der Waals surface area contributed by atoms with Crippen LogP contribution in [0.25, 0.3) is 0 Å². The monoisotopic (exact) mass is 656 g/mol. The maximum Gasteiger partial charge on any atom is 1.00 e. The minimum atomic E-state index is -0.294. The molecule has 0 aliphatic carbocycles. The molecule has 2 aliphatic rings. The van der Waals surface area contributed by atoms with Gasteiger partial charge >= 0.3 is 103 Å². The fourth-order valence-corrected chi connectivity index (χ4v) is 2.72. The van der Waals surface area contributed by atoms with E-state index in [4.69, 9.17) is 34.5 Å². The standard InChI is InChI=1S/C10H10O4.C9H8O4.CH3I.CH2O3.2K.H/c1-13-10-5-9-6(4-8(10)12)7(11)2-3-14-9;10-6-1-2-13-9-4-8(12)7(11)3-5(6)9;1-2;2-1-4-3;;;/h4-5,12H,2-3H2,1H3;3-4,11-12H,1-2H2;1H3;1,3H;;;/q;;;;2*+1;-1/p-1. The molecule has 2 aliphatic heterocycles. The van der Waals surface area contributed by atoms with Crippen LogP contribution in [0.4, 0.5) is 0 Å². The van der Waals surface area contributed by atoms with Gasteiger partial charge < -0.3 is 41.1 Å². The Labute approximate surface area is 301 Å². The van der Waals surface area contributed by atoms with Crippen molar-refractivity contribution in [3.8, 4) is 34.5 Å². The topological polar surface area (TPSA) is 172 Å². The Morgan fingerprint density at radius 1 is 0.886 bits per heavy atom. The summed E-state index contributed by atoms with van der Waals surface area (Å²) in [5.74, 6) is 0.456. The molecule has 2 aromatic rings. The van der Waals surface area contributed by atoms with Crippen LogP contribution in [0, 0.1) is 0 Å². The molecule has 0 aromatic heterocycles. The summed E-state index contributed by atoms with van der Waals surface area (Å²) in [6, 6.07) is 5.39. The number of methoxy groups -OCH3 is 1. The van der Waals surface area contributed by atoms with Crippen LogP contribution in [0.1, 0.15) is 35.0 Å². The van der Waals surface area contributed by atoms with Gasteiger partial charge in [-0.3, -0.25) is 14.4 Å². The molecule has 0 saturated carbocycles. The minimum absolute atomic E-state index is 0. The van der Waals surface area contributed by atoms with Gasteiger partial charge in [-0.1, -0.05) is 22.6 Å². The van der Waals surface area contributed by atoms with E-state index in [2.05, 4.69) is 27.5 Å². The van der Waals surface area contributed by atoms with Gasteiger partial charge in [0, 0.05) is 25.0 Å². The fourth-order valence-electron chi connectivity index (χ4n) is 2.72. The molecule has 2 aromatic carbocycles. The minimum Gasteiger partial charge on any atom is -1.00 e. The number of alkyl halides is 1. The summed E-state index contributed by atoms with van der Waals surface area (Å²) in [4.78, 5) is 35.9. The van der Waals surface area contributed by atoms with Gasteiger partial charge in [0.15, 0.2) is 34.6 Å². The maximum atomic E-state index is 11.4. The van der Waals surface area contributed by atoms with Crippen molar-refractivity contribution in [2.45, 2.75) is 12.8 Å². The van der Waals surface area contributed by atoms with Crippen molar-refractivity contribution in [3.63, 3.8) is 0 Å². The number of rotatable bonds is 2. The number of aromatic hydroxyl groups is 3. The van der Waals surface area contributed by atoms with Crippen molar-refractivity contribution in [2.24, 2.45) is 0 Å². The van der Waals surface area contributed by atoms with Gasteiger partial charge in [-0.2, -0.15) is 0 Å². The number of phenolic OH excluding ortho intramolecular Hbond substituents is 3. The van der Waals surface area contributed by atoms with Crippen LogP contribution in [0.2, 0.25) is 0 Å². The Morgan fingerprint density at radius 3 is 1.71 bits per heavy atom. The zero-order chi connectivity index (χ0) is 25.0. The Kier molecular flexibility index (Phi) is 21.3. The number of hydrogen-bond donors (Lipinski definition) is 3. The van der Waals surface area contributed by atoms with Crippen molar-refractivity contribution in [1.82, 2.24) is 0 Å². The average Bonchev–Trinajstić information content (AvgIpc) is 2.83. The maximum absolute atomic E-state index is 11.4. The predicted octanol–water partition coefficient (Wildman–Crippen LogP) is -3.96. The molecule has 0 spiro atoms. The first-order chi connectivity index (χ1) is 15.8. The Hall–Kier alpha value is 0.0127. The first-order valence-corrected chi connectivity index (χ1v) is 11.4. The first kappa shape index (κ1) is 37.2. The number of benzene rings is 2. The molecule has 2 heterocycles. The van der Waals surface area contributed by atoms with Crippen molar-refractivity contribution in [2.75, 3.05) is 25.3 Å². The molecule has 35 heavy (non-hydrogen) atoms. The van der Waals surface area contributed by atoms with Gasteiger partial charge in [0.1, 0.15) is 11.5 Å². The number of carbonyl (C=O) groups excluding carboxylic acids is 3. The molecule has 0 unspecified atom stereocenters. The molecule has 0 radical (unpaired) electrons. The fraction of sp³-hybridized carbons (Fsp3) is 0.286. The van der Waals surface area contributed by atoms with E-state index in [1.165, 1.54) is 31.4 Å². The van der Waals surface area contributed by atoms with Crippen molar-refractivity contribution >= 4 is 40.6 Å². The molecule has 0 atom stereocenters. The van der Waals surface area contributed by atoms with Crippen LogP contribution in [-0.2, 0) is 9.68 Å². The summed E-state index contributed by atoms with van der Waals surface area (Å²) in [6.07, 6.45) is 0.677. The summed E-state index contributed by atoms with van der Waals surface area (Å²) in [5, 5.41) is 36.1. The second-order valence-electron chi connectivity index (χ2n) is 6.09. The summed E-state index contributed by atoms with van der Waals surface area (Å²) >= 11 is 2.15. The van der Waals surface area contributed by atoms with E-state index in [0.29, 0.717) is 54.4 Å². The number of ether oxygens (including phenoxy) is 3. The zero-order valence-electron chi connectivity index (χ0n) is 20.7. The quantitative estimate of drug-likeness (QED) is 0.0548. The van der Waals surface area contributed by atoms with Gasteiger partial charge in [-0.25, -0.2) is 0 Å². The van der Waals surface area contributed by atoms with E-state index in [1.807, 2.05) is 4.93 Å². The normalized spacial score (nSPS) is 12.1. The summed E-state index contributed by atoms with van der Waals surface area (Å²) in [5.41, 5.74) is 0.760. The third-order valence-electron chi connectivity index (χ3n) is 4.17. The van der Waals surface area contributed by atoms with Gasteiger partial charge in [0.05, 0.1) is 31.5 Å². The number of ketones is 2. The summed E-state index contributed by atoms with van der Waals surface area (Å²) < 4.78 is 15.3. The summed E-state index contributed by atoms with van der Waals surface area (Å²) in [7, 11) is 1.45. The Balaban J connectivity index is -0.000000467. The number of fused-ring (bicyclic) bond motifs is 2. The molecule has 14 heteroatoms. The van der Waals surface area contributed by atoms with E-state index in [-0.39, 0.29) is 139 Å². The molecule has 0 saturated heterocycles. The van der Waals surface area contributed by atoms with Crippen LogP contribution in [0.5, 0.6) is 34.5 Å². The van der Waals surface area contributed by atoms with E-state index in [1.54, 1.807) is 0 Å². The third-order valence-corrected chi connectivity index (χ3v) is 4.17. The molecule has 182 valence electrons. The van der Waals surface area contributed by atoms with Gasteiger partial charge in [-0.05, 0) is 17.1 Å². The van der Waals surface area contributed by atoms with Crippen LogP contribution >= 0.6 is 22.6 Å². The van der Waals surface area contributed by atoms with Crippen molar-refractivity contribution < 1.29 is 158 Å². The smallest absolute Gasteiger partial charge is 1.00 e. The number of Topliss-reactive ketones (excluding diaryl/α,β-unsaturated/α-hetero) is 2. The average molecular weight is 657 g/mol.